The van der Waals surface area contributed by atoms with Gasteiger partial charge in [-0.2, -0.15) is 4.31 Å². The number of halogens is 1. The van der Waals surface area contributed by atoms with E-state index in [2.05, 4.69) is 0 Å². The van der Waals surface area contributed by atoms with Crippen LogP contribution in [0.2, 0.25) is 0 Å². The second kappa shape index (κ2) is 3.94. The fraction of sp³-hybridized carbons (Fsp3) is 0.400. The van der Waals surface area contributed by atoms with Crippen molar-refractivity contribution in [3.05, 3.63) is 23.5 Å². The van der Waals surface area contributed by atoms with Crippen LogP contribution < -0.4 is 5.73 Å². The van der Waals surface area contributed by atoms with Crippen LogP contribution in [0.4, 0.5) is 10.1 Å². The second-order valence-corrected chi connectivity index (χ2v) is 6.02. The number of anilines is 1. The van der Waals surface area contributed by atoms with Crippen LogP contribution in [0.15, 0.2) is 17.0 Å². The van der Waals surface area contributed by atoms with E-state index in [1.165, 1.54) is 0 Å². The van der Waals surface area contributed by atoms with Crippen molar-refractivity contribution in [1.29, 1.82) is 0 Å². The molecule has 0 radical (unpaired) electrons. The SMILES string of the molecule is Cc1cc(F)c(S(=O)(=O)N2CC(O)C2)cc1N. The van der Waals surface area contributed by atoms with Crippen LogP contribution in [-0.2, 0) is 10.0 Å². The Kier molecular flexibility index (Phi) is 2.84. The number of rotatable bonds is 2. The van der Waals surface area contributed by atoms with Gasteiger partial charge in [0, 0.05) is 18.8 Å². The molecule has 0 spiro atoms. The molecule has 0 bridgehead atoms. The predicted octanol–water partition coefficient (Wildman–Crippen LogP) is 0.0815. The molecule has 17 heavy (non-hydrogen) atoms. The first-order chi connectivity index (χ1) is 7.82. The van der Waals surface area contributed by atoms with Gasteiger partial charge >= 0.3 is 0 Å². The van der Waals surface area contributed by atoms with E-state index in [0.717, 1.165) is 16.4 Å². The molecule has 1 heterocycles. The van der Waals surface area contributed by atoms with Gasteiger partial charge in [0.05, 0.1) is 6.10 Å². The number of hydrogen-bond donors (Lipinski definition) is 2. The topological polar surface area (TPSA) is 83.6 Å². The van der Waals surface area contributed by atoms with Crippen molar-refractivity contribution in [3.63, 3.8) is 0 Å². The Hall–Kier alpha value is -1.18. The van der Waals surface area contributed by atoms with Gasteiger partial charge in [0.2, 0.25) is 10.0 Å². The number of nitrogen functional groups attached to an aromatic ring is 1. The van der Waals surface area contributed by atoms with Crippen LogP contribution >= 0.6 is 0 Å². The second-order valence-electron chi connectivity index (χ2n) is 4.12. The Bertz CT molecular complexity index is 553. The molecule has 3 N–H and O–H groups in total. The smallest absolute Gasteiger partial charge is 0.246 e. The predicted molar refractivity (Wildman–Crippen MR) is 60.3 cm³/mol. The van der Waals surface area contributed by atoms with Crippen molar-refractivity contribution in [1.82, 2.24) is 4.31 Å². The molecule has 0 aliphatic carbocycles. The van der Waals surface area contributed by atoms with E-state index in [9.17, 15) is 12.8 Å². The molecule has 0 atom stereocenters. The van der Waals surface area contributed by atoms with Gasteiger partial charge in [-0.15, -0.1) is 0 Å². The Morgan fingerprint density at radius 2 is 2.06 bits per heavy atom. The summed E-state index contributed by atoms with van der Waals surface area (Å²) in [7, 11) is -3.89. The highest BCUT2D eigenvalue weighted by Gasteiger charge is 2.37. The number of β-amino-alcohol motifs (C(OH)–C–C–N with tert-alkyl or cyclic N) is 1. The molecule has 94 valence electrons. The Morgan fingerprint density at radius 3 is 2.59 bits per heavy atom. The molecule has 1 aliphatic heterocycles. The Labute approximate surface area is 98.7 Å². The van der Waals surface area contributed by atoms with Crippen LogP contribution in [-0.4, -0.2) is 37.0 Å². The molecule has 0 aromatic heterocycles. The number of hydrogen-bond acceptors (Lipinski definition) is 4. The average Bonchev–Trinajstić information content (AvgIpc) is 2.18. The van der Waals surface area contributed by atoms with Gasteiger partial charge < -0.3 is 10.8 Å². The van der Waals surface area contributed by atoms with Crippen molar-refractivity contribution in [3.8, 4) is 0 Å². The maximum Gasteiger partial charge on any atom is 0.246 e. The normalized spacial score (nSPS) is 18.1. The van der Waals surface area contributed by atoms with Crippen molar-refractivity contribution in [2.75, 3.05) is 18.8 Å². The highest BCUT2D eigenvalue weighted by Crippen LogP contribution is 2.27. The molecular formula is C10H13FN2O3S. The van der Waals surface area contributed by atoms with Crippen LogP contribution in [0, 0.1) is 12.7 Å². The minimum absolute atomic E-state index is 0.00441. The van der Waals surface area contributed by atoms with Crippen LogP contribution in [0.5, 0.6) is 0 Å². The van der Waals surface area contributed by atoms with Crippen LogP contribution in [0.3, 0.4) is 0 Å². The summed E-state index contributed by atoms with van der Waals surface area (Å²) in [6.45, 7) is 1.59. The molecule has 0 saturated carbocycles. The minimum atomic E-state index is -3.89. The monoisotopic (exact) mass is 260 g/mol. The summed E-state index contributed by atoms with van der Waals surface area (Å²) in [5, 5.41) is 9.07. The number of nitrogens with two attached hydrogens (primary N) is 1. The van der Waals surface area contributed by atoms with Crippen LogP contribution in [0.25, 0.3) is 0 Å². The standard InChI is InChI=1S/C10H13FN2O3S/c1-6-2-8(11)10(3-9(6)12)17(15,16)13-4-7(14)5-13/h2-3,7,14H,4-5,12H2,1H3. The van der Waals surface area contributed by atoms with E-state index in [1.807, 2.05) is 0 Å². The van der Waals surface area contributed by atoms with Gasteiger partial charge in [0.15, 0.2) is 0 Å². The van der Waals surface area contributed by atoms with Gasteiger partial charge in [-0.3, -0.25) is 0 Å². The summed E-state index contributed by atoms with van der Waals surface area (Å²) in [4.78, 5) is -0.437. The number of aliphatic hydroxyl groups excluding tert-OH is 1. The van der Waals surface area contributed by atoms with Gasteiger partial charge in [-0.05, 0) is 24.6 Å². The first-order valence-corrected chi connectivity index (χ1v) is 6.50. The van der Waals surface area contributed by atoms with E-state index < -0.39 is 26.8 Å². The molecule has 5 nitrogen and oxygen atoms in total. The van der Waals surface area contributed by atoms with Crippen LogP contribution in [0.1, 0.15) is 5.56 Å². The van der Waals surface area contributed by atoms with Gasteiger partial charge in [0.25, 0.3) is 0 Å². The third kappa shape index (κ3) is 2.01. The van der Waals surface area contributed by atoms with E-state index in [1.54, 1.807) is 6.92 Å². The molecule has 7 heteroatoms. The fourth-order valence-corrected chi connectivity index (χ4v) is 3.21. The number of aryl methyl sites for hydroxylation is 1. The molecule has 1 aliphatic rings. The molecular weight excluding hydrogens is 247 g/mol. The summed E-state index contributed by atoms with van der Waals surface area (Å²) in [5.41, 5.74) is 6.29. The maximum absolute atomic E-state index is 13.6. The lowest BCUT2D eigenvalue weighted by atomic mass is 10.2. The lowest BCUT2D eigenvalue weighted by molar-refractivity contribution is 0.0546. The van der Waals surface area contributed by atoms with Gasteiger partial charge in [-0.1, -0.05) is 0 Å². The molecule has 2 rings (SSSR count). The molecule has 0 amide bonds. The molecule has 1 aromatic carbocycles. The first kappa shape index (κ1) is 12.3. The lowest BCUT2D eigenvalue weighted by Gasteiger charge is -2.34. The van der Waals surface area contributed by atoms with E-state index >= 15 is 0 Å². The van der Waals surface area contributed by atoms with Gasteiger partial charge in [0.1, 0.15) is 10.7 Å². The third-order valence-electron chi connectivity index (χ3n) is 2.77. The quantitative estimate of drug-likeness (QED) is 0.738. The first-order valence-electron chi connectivity index (χ1n) is 5.06. The van der Waals surface area contributed by atoms with E-state index in [4.69, 9.17) is 10.8 Å². The molecule has 1 aromatic rings. The molecule has 1 saturated heterocycles. The van der Waals surface area contributed by atoms with Crippen molar-refractivity contribution < 1.29 is 17.9 Å². The highest BCUT2D eigenvalue weighted by molar-refractivity contribution is 7.89. The third-order valence-corrected chi connectivity index (χ3v) is 4.61. The molecule has 1 fully saturated rings. The fourth-order valence-electron chi connectivity index (χ4n) is 1.62. The summed E-state index contributed by atoms with van der Waals surface area (Å²) in [5.74, 6) is -0.821. The largest absolute Gasteiger partial charge is 0.398 e. The number of sulfonamides is 1. The van der Waals surface area contributed by atoms with Crippen molar-refractivity contribution in [2.24, 2.45) is 0 Å². The number of benzene rings is 1. The highest BCUT2D eigenvalue weighted by atomic mass is 32.2. The lowest BCUT2D eigenvalue weighted by Crippen LogP contribution is -2.53. The zero-order chi connectivity index (χ0) is 12.8. The van der Waals surface area contributed by atoms with E-state index in [0.29, 0.717) is 5.56 Å². The van der Waals surface area contributed by atoms with Crippen molar-refractivity contribution in [2.45, 2.75) is 17.9 Å². The summed E-state index contributed by atoms with van der Waals surface area (Å²) >= 11 is 0. The maximum atomic E-state index is 13.6. The van der Waals surface area contributed by atoms with Crippen molar-refractivity contribution >= 4 is 15.7 Å². The molecule has 0 unspecified atom stereocenters. The average molecular weight is 260 g/mol. The number of aliphatic hydroxyl groups is 1. The zero-order valence-electron chi connectivity index (χ0n) is 9.22. The van der Waals surface area contributed by atoms with Gasteiger partial charge in [-0.25, -0.2) is 12.8 Å². The van der Waals surface area contributed by atoms with E-state index in [-0.39, 0.29) is 18.8 Å². The Morgan fingerprint density at radius 1 is 1.47 bits per heavy atom. The summed E-state index contributed by atoms with van der Waals surface area (Å²) in [6, 6.07) is 2.21. The summed E-state index contributed by atoms with van der Waals surface area (Å²) in [6.07, 6.45) is -0.671. The Balaban J connectivity index is 2.43. The number of nitrogens with zero attached hydrogens (tertiary/aromatic N) is 1. The zero-order valence-corrected chi connectivity index (χ0v) is 10.0. The summed E-state index contributed by atoms with van der Waals surface area (Å²) < 4.78 is 38.6. The minimum Gasteiger partial charge on any atom is -0.398 e.